The normalized spacial score (nSPS) is 11.0. The molecule has 0 radical (unpaired) electrons. The van der Waals surface area contributed by atoms with E-state index in [0.717, 1.165) is 21.7 Å². The van der Waals surface area contributed by atoms with Crippen molar-refractivity contribution in [1.82, 2.24) is 9.38 Å². The van der Waals surface area contributed by atoms with Gasteiger partial charge in [-0.3, -0.25) is 4.98 Å². The summed E-state index contributed by atoms with van der Waals surface area (Å²) < 4.78 is 2.08. The number of aromatic nitrogens is 2. The molecule has 0 spiro atoms. The molecule has 0 saturated carbocycles. The Balaban J connectivity index is 2.14. The first-order valence-electron chi connectivity index (χ1n) is 7.14. The van der Waals surface area contributed by atoms with Gasteiger partial charge in [0, 0.05) is 23.5 Å². The summed E-state index contributed by atoms with van der Waals surface area (Å²) in [5, 5.41) is 0.933. The molecule has 106 valence electrons. The van der Waals surface area contributed by atoms with Crippen molar-refractivity contribution < 1.29 is 0 Å². The summed E-state index contributed by atoms with van der Waals surface area (Å²) in [5.74, 6) is 0. The molecule has 3 heteroatoms. The molecule has 0 bridgehead atoms. The van der Waals surface area contributed by atoms with Gasteiger partial charge in [0.2, 0.25) is 0 Å². The van der Waals surface area contributed by atoms with Crippen molar-refractivity contribution in [2.75, 3.05) is 0 Å². The number of fused-ring (bicyclic) bond motifs is 1. The number of benzene rings is 2. The van der Waals surface area contributed by atoms with Crippen molar-refractivity contribution >= 4 is 18.1 Å². The Kier molecular flexibility index (Phi) is 3.20. The van der Waals surface area contributed by atoms with Crippen LogP contribution in [0.1, 0.15) is 0 Å². The molecule has 2 aromatic carbocycles. The second-order valence-electron chi connectivity index (χ2n) is 5.14. The monoisotopic (exact) mass is 302 g/mol. The third-order valence-corrected chi connectivity index (χ3v) is 4.28. The Morgan fingerprint density at radius 3 is 2.00 bits per heavy atom. The lowest BCUT2D eigenvalue weighted by molar-refractivity contribution is 1.03. The SMILES string of the molecule is Sc1c(-c2ccccc2)c(-c2ccccc2)c2cnccn12. The average Bonchev–Trinajstić information content (AvgIpc) is 2.90. The molecule has 0 aliphatic heterocycles. The fraction of sp³-hybridized carbons (Fsp3) is 0. The molecule has 2 aromatic heterocycles. The van der Waals surface area contributed by atoms with Crippen molar-refractivity contribution in [3.63, 3.8) is 0 Å². The molecular formula is C19H14N2S. The maximum atomic E-state index is 4.78. The highest BCUT2D eigenvalue weighted by Crippen LogP contribution is 2.41. The van der Waals surface area contributed by atoms with Crippen LogP contribution in [0.2, 0.25) is 0 Å². The summed E-state index contributed by atoms with van der Waals surface area (Å²) in [4.78, 5) is 4.29. The maximum absolute atomic E-state index is 4.78. The van der Waals surface area contributed by atoms with Gasteiger partial charge in [-0.15, -0.1) is 12.6 Å². The maximum Gasteiger partial charge on any atom is 0.0850 e. The third kappa shape index (κ3) is 2.02. The summed E-state index contributed by atoms with van der Waals surface area (Å²) in [6.07, 6.45) is 5.64. The molecule has 22 heavy (non-hydrogen) atoms. The predicted molar refractivity (Wildman–Crippen MR) is 93.3 cm³/mol. The Morgan fingerprint density at radius 1 is 0.773 bits per heavy atom. The number of hydrogen-bond donors (Lipinski definition) is 1. The zero-order valence-electron chi connectivity index (χ0n) is 11.8. The van der Waals surface area contributed by atoms with Gasteiger partial charge in [-0.25, -0.2) is 0 Å². The lowest BCUT2D eigenvalue weighted by Crippen LogP contribution is -1.84. The molecule has 0 unspecified atom stereocenters. The number of thiol groups is 1. The van der Waals surface area contributed by atoms with E-state index in [1.807, 2.05) is 24.5 Å². The Hall–Kier alpha value is -2.52. The van der Waals surface area contributed by atoms with E-state index >= 15 is 0 Å². The van der Waals surface area contributed by atoms with E-state index < -0.39 is 0 Å². The Morgan fingerprint density at radius 2 is 1.36 bits per heavy atom. The molecule has 0 aliphatic rings. The molecule has 0 amide bonds. The van der Waals surface area contributed by atoms with Gasteiger partial charge in [0.05, 0.1) is 16.7 Å². The van der Waals surface area contributed by atoms with Crippen LogP contribution >= 0.6 is 12.6 Å². The van der Waals surface area contributed by atoms with Crippen LogP contribution in [-0.4, -0.2) is 9.38 Å². The predicted octanol–water partition coefficient (Wildman–Crippen LogP) is 4.96. The van der Waals surface area contributed by atoms with Crippen LogP contribution in [0.5, 0.6) is 0 Å². The second kappa shape index (κ2) is 5.35. The van der Waals surface area contributed by atoms with Gasteiger partial charge in [0.1, 0.15) is 0 Å². The van der Waals surface area contributed by atoms with Gasteiger partial charge in [-0.2, -0.15) is 0 Å². The van der Waals surface area contributed by atoms with Crippen LogP contribution in [0.15, 0.2) is 84.3 Å². The summed E-state index contributed by atoms with van der Waals surface area (Å²) >= 11 is 4.78. The summed E-state index contributed by atoms with van der Waals surface area (Å²) in [7, 11) is 0. The van der Waals surface area contributed by atoms with E-state index in [2.05, 4.69) is 57.9 Å². The molecule has 0 saturated heterocycles. The molecule has 0 aliphatic carbocycles. The minimum atomic E-state index is 0.933. The van der Waals surface area contributed by atoms with Crippen LogP contribution in [0, 0.1) is 0 Å². The van der Waals surface area contributed by atoms with E-state index in [1.54, 1.807) is 6.20 Å². The number of hydrogen-bond acceptors (Lipinski definition) is 2. The van der Waals surface area contributed by atoms with E-state index in [1.165, 1.54) is 11.1 Å². The quantitative estimate of drug-likeness (QED) is 0.518. The van der Waals surface area contributed by atoms with E-state index in [4.69, 9.17) is 12.6 Å². The van der Waals surface area contributed by atoms with Gasteiger partial charge in [0.15, 0.2) is 0 Å². The van der Waals surface area contributed by atoms with Crippen LogP contribution < -0.4 is 0 Å². The highest BCUT2D eigenvalue weighted by Gasteiger charge is 2.18. The van der Waals surface area contributed by atoms with Crippen molar-refractivity contribution in [1.29, 1.82) is 0 Å². The van der Waals surface area contributed by atoms with Crippen LogP contribution in [0.3, 0.4) is 0 Å². The summed E-state index contributed by atoms with van der Waals surface area (Å²) in [5.41, 5.74) is 5.72. The average molecular weight is 302 g/mol. The Bertz CT molecular complexity index is 928. The third-order valence-electron chi connectivity index (χ3n) is 3.84. The molecule has 2 nitrogen and oxygen atoms in total. The van der Waals surface area contributed by atoms with E-state index in [-0.39, 0.29) is 0 Å². The van der Waals surface area contributed by atoms with Crippen LogP contribution in [-0.2, 0) is 0 Å². The standard InChI is InChI=1S/C19H14N2S/c22-19-18(15-9-5-2-6-10-15)17(14-7-3-1-4-8-14)16-13-20-11-12-21(16)19/h1-13,22H. The Labute approximate surface area is 134 Å². The van der Waals surface area contributed by atoms with Crippen LogP contribution in [0.4, 0.5) is 0 Å². The van der Waals surface area contributed by atoms with E-state index in [9.17, 15) is 0 Å². The molecule has 2 heterocycles. The van der Waals surface area contributed by atoms with Gasteiger partial charge >= 0.3 is 0 Å². The summed E-state index contributed by atoms with van der Waals surface area (Å²) in [6, 6.07) is 20.8. The van der Waals surface area contributed by atoms with Gasteiger partial charge in [0.25, 0.3) is 0 Å². The molecule has 4 aromatic rings. The first-order valence-corrected chi connectivity index (χ1v) is 7.59. The minimum Gasteiger partial charge on any atom is -0.308 e. The fourth-order valence-corrected chi connectivity index (χ4v) is 3.28. The topological polar surface area (TPSA) is 17.3 Å². The molecule has 0 atom stereocenters. The molecule has 0 fully saturated rings. The van der Waals surface area contributed by atoms with Crippen molar-refractivity contribution in [3.05, 3.63) is 79.3 Å². The molecule has 0 N–H and O–H groups in total. The smallest absolute Gasteiger partial charge is 0.0850 e. The molecule has 4 rings (SSSR count). The first kappa shape index (κ1) is 13.2. The lowest BCUT2D eigenvalue weighted by Gasteiger charge is -2.06. The van der Waals surface area contributed by atoms with Crippen molar-refractivity contribution in [3.8, 4) is 22.3 Å². The van der Waals surface area contributed by atoms with Gasteiger partial charge < -0.3 is 4.40 Å². The summed E-state index contributed by atoms with van der Waals surface area (Å²) in [6.45, 7) is 0. The zero-order valence-corrected chi connectivity index (χ0v) is 12.7. The van der Waals surface area contributed by atoms with Crippen molar-refractivity contribution in [2.24, 2.45) is 0 Å². The number of nitrogens with zero attached hydrogens (tertiary/aromatic N) is 2. The largest absolute Gasteiger partial charge is 0.308 e. The second-order valence-corrected chi connectivity index (χ2v) is 5.56. The first-order chi connectivity index (χ1) is 10.9. The van der Waals surface area contributed by atoms with Gasteiger partial charge in [-0.05, 0) is 11.1 Å². The zero-order chi connectivity index (χ0) is 14.9. The lowest BCUT2D eigenvalue weighted by atomic mass is 9.98. The van der Waals surface area contributed by atoms with E-state index in [0.29, 0.717) is 0 Å². The van der Waals surface area contributed by atoms with Gasteiger partial charge in [-0.1, -0.05) is 60.7 Å². The number of rotatable bonds is 2. The highest BCUT2D eigenvalue weighted by molar-refractivity contribution is 7.80. The van der Waals surface area contributed by atoms with Crippen LogP contribution in [0.25, 0.3) is 27.8 Å². The fourth-order valence-electron chi connectivity index (χ4n) is 2.87. The highest BCUT2D eigenvalue weighted by atomic mass is 32.1. The minimum absolute atomic E-state index is 0.933. The van der Waals surface area contributed by atoms with Crippen molar-refractivity contribution in [2.45, 2.75) is 5.03 Å². The molecular weight excluding hydrogens is 288 g/mol.